The van der Waals surface area contributed by atoms with Crippen LogP contribution in [0.3, 0.4) is 0 Å². The number of morpholine rings is 1. The van der Waals surface area contributed by atoms with Crippen molar-refractivity contribution in [2.75, 3.05) is 13.2 Å². The van der Waals surface area contributed by atoms with Crippen molar-refractivity contribution in [1.29, 1.82) is 0 Å². The minimum absolute atomic E-state index is 0.0372. The Labute approximate surface area is 128 Å². The predicted octanol–water partition coefficient (Wildman–Crippen LogP) is 2.31. The molecule has 0 aromatic carbocycles. The molecule has 1 saturated heterocycles. The first-order chi connectivity index (χ1) is 10.7. The second-order valence-corrected chi connectivity index (χ2v) is 6.10. The van der Waals surface area contributed by atoms with Crippen molar-refractivity contribution < 1.29 is 14.1 Å². The third kappa shape index (κ3) is 2.18. The highest BCUT2D eigenvalue weighted by atomic mass is 16.5. The van der Waals surface area contributed by atoms with Crippen molar-refractivity contribution in [3.05, 3.63) is 23.5 Å². The highest BCUT2D eigenvalue weighted by molar-refractivity contribution is 5.97. The molecule has 6 nitrogen and oxygen atoms in total. The molecule has 0 radical (unpaired) electrons. The molecule has 4 rings (SSSR count). The second kappa shape index (κ2) is 5.35. The first-order valence-electron chi connectivity index (χ1n) is 7.88. The third-order valence-electron chi connectivity index (χ3n) is 4.75. The van der Waals surface area contributed by atoms with E-state index in [1.165, 1.54) is 6.42 Å². The van der Waals surface area contributed by atoms with Gasteiger partial charge in [0, 0.05) is 12.7 Å². The van der Waals surface area contributed by atoms with Crippen LogP contribution in [0.5, 0.6) is 0 Å². The molecule has 1 saturated carbocycles. The molecule has 3 heterocycles. The normalized spacial score (nSPS) is 25.2. The molecule has 6 heteroatoms. The Morgan fingerprint density at radius 2 is 2.23 bits per heavy atom. The van der Waals surface area contributed by atoms with Gasteiger partial charge >= 0.3 is 0 Å². The van der Waals surface area contributed by atoms with Gasteiger partial charge in [-0.15, -0.1) is 0 Å². The van der Waals surface area contributed by atoms with E-state index in [0.717, 1.165) is 30.3 Å². The zero-order chi connectivity index (χ0) is 15.1. The number of fused-ring (bicyclic) bond motifs is 2. The van der Waals surface area contributed by atoms with Crippen LogP contribution in [0.1, 0.15) is 41.7 Å². The largest absolute Gasteiger partial charge is 0.374 e. The van der Waals surface area contributed by atoms with Gasteiger partial charge in [-0.2, -0.15) is 0 Å². The molecule has 2 atom stereocenters. The zero-order valence-electron chi connectivity index (χ0n) is 12.6. The Balaban J connectivity index is 1.65. The van der Waals surface area contributed by atoms with Crippen LogP contribution in [-0.2, 0) is 4.74 Å². The number of carbonyl (C=O) groups excluding carboxylic acids is 1. The topological polar surface area (TPSA) is 68.5 Å². The lowest BCUT2D eigenvalue weighted by Crippen LogP contribution is -2.54. The highest BCUT2D eigenvalue weighted by Gasteiger charge is 2.37. The summed E-state index contributed by atoms with van der Waals surface area (Å²) < 4.78 is 10.9. The van der Waals surface area contributed by atoms with Gasteiger partial charge in [-0.25, -0.2) is 4.98 Å². The minimum Gasteiger partial charge on any atom is -0.374 e. The number of aryl methyl sites for hydroxylation is 1. The lowest BCUT2D eigenvalue weighted by molar-refractivity contribution is -0.0752. The van der Waals surface area contributed by atoms with Crippen LogP contribution in [0, 0.1) is 6.92 Å². The molecule has 2 aromatic heterocycles. The number of pyridine rings is 1. The molecule has 2 fully saturated rings. The summed E-state index contributed by atoms with van der Waals surface area (Å²) in [6.45, 7) is 3.13. The maximum absolute atomic E-state index is 12.9. The van der Waals surface area contributed by atoms with Gasteiger partial charge in [0.25, 0.3) is 11.6 Å². The summed E-state index contributed by atoms with van der Waals surface area (Å²) >= 11 is 0. The number of hydrogen-bond donors (Lipinski definition) is 0. The molecule has 1 amide bonds. The van der Waals surface area contributed by atoms with Crippen LogP contribution < -0.4 is 0 Å². The zero-order valence-corrected chi connectivity index (χ0v) is 12.6. The van der Waals surface area contributed by atoms with E-state index >= 15 is 0 Å². The van der Waals surface area contributed by atoms with Gasteiger partial charge in [0.05, 0.1) is 35.4 Å². The quantitative estimate of drug-likeness (QED) is 0.808. The Morgan fingerprint density at radius 3 is 3.14 bits per heavy atom. The van der Waals surface area contributed by atoms with Gasteiger partial charge in [0.15, 0.2) is 0 Å². The first kappa shape index (κ1) is 13.7. The molecule has 1 aliphatic carbocycles. The van der Waals surface area contributed by atoms with Crippen LogP contribution in [0.25, 0.3) is 11.1 Å². The minimum atomic E-state index is 0.0372. The van der Waals surface area contributed by atoms with Crippen molar-refractivity contribution in [2.24, 2.45) is 0 Å². The fraction of sp³-hybridized carbons (Fsp3) is 0.562. The first-order valence-corrected chi connectivity index (χ1v) is 7.88. The van der Waals surface area contributed by atoms with E-state index in [1.807, 2.05) is 17.9 Å². The van der Waals surface area contributed by atoms with Crippen LogP contribution >= 0.6 is 0 Å². The summed E-state index contributed by atoms with van der Waals surface area (Å²) in [5.74, 6) is 0.0372. The van der Waals surface area contributed by atoms with Gasteiger partial charge in [0.1, 0.15) is 0 Å². The van der Waals surface area contributed by atoms with Crippen molar-refractivity contribution in [3.63, 3.8) is 0 Å². The van der Waals surface area contributed by atoms with Crippen LogP contribution in [0.2, 0.25) is 0 Å². The molecule has 0 unspecified atom stereocenters. The van der Waals surface area contributed by atoms with Gasteiger partial charge in [0.2, 0.25) is 0 Å². The molecule has 0 bridgehead atoms. The van der Waals surface area contributed by atoms with Crippen LogP contribution in [0.15, 0.2) is 16.8 Å². The van der Waals surface area contributed by atoms with Gasteiger partial charge in [-0.1, -0.05) is 18.0 Å². The number of rotatable bonds is 1. The Morgan fingerprint density at radius 1 is 1.36 bits per heavy atom. The predicted molar refractivity (Wildman–Crippen MR) is 79.6 cm³/mol. The van der Waals surface area contributed by atoms with Crippen LogP contribution in [0.4, 0.5) is 0 Å². The fourth-order valence-electron chi connectivity index (χ4n) is 3.58. The van der Waals surface area contributed by atoms with E-state index in [2.05, 4.69) is 10.1 Å². The lowest BCUT2D eigenvalue weighted by atomic mass is 9.90. The highest BCUT2D eigenvalue weighted by Crippen LogP contribution is 2.29. The van der Waals surface area contributed by atoms with Crippen molar-refractivity contribution in [1.82, 2.24) is 15.0 Å². The van der Waals surface area contributed by atoms with Gasteiger partial charge < -0.3 is 14.2 Å². The maximum Gasteiger partial charge on any atom is 0.257 e. The smallest absolute Gasteiger partial charge is 0.257 e. The fourth-order valence-corrected chi connectivity index (χ4v) is 3.58. The van der Waals surface area contributed by atoms with Gasteiger partial charge in [-0.05, 0) is 25.8 Å². The Kier molecular flexibility index (Phi) is 3.33. The number of ether oxygens (including phenoxy) is 1. The molecule has 2 aliphatic rings. The summed E-state index contributed by atoms with van der Waals surface area (Å²) in [6.07, 6.45) is 6.21. The average molecular weight is 301 g/mol. The number of hydrogen-bond acceptors (Lipinski definition) is 5. The summed E-state index contributed by atoms with van der Waals surface area (Å²) in [6, 6.07) is 2.04. The average Bonchev–Trinajstić information content (AvgIpc) is 2.94. The second-order valence-electron chi connectivity index (χ2n) is 6.10. The molecule has 22 heavy (non-hydrogen) atoms. The third-order valence-corrected chi connectivity index (χ3v) is 4.75. The molecular weight excluding hydrogens is 282 g/mol. The number of carbonyl (C=O) groups is 1. The molecule has 0 N–H and O–H groups in total. The number of aromatic nitrogens is 2. The van der Waals surface area contributed by atoms with E-state index in [4.69, 9.17) is 9.26 Å². The molecule has 116 valence electrons. The van der Waals surface area contributed by atoms with Crippen molar-refractivity contribution in [2.45, 2.75) is 44.8 Å². The maximum atomic E-state index is 12.9. The summed E-state index contributed by atoms with van der Waals surface area (Å²) in [5.41, 5.74) is 1.84. The van der Waals surface area contributed by atoms with Crippen LogP contribution in [-0.4, -0.2) is 46.2 Å². The van der Waals surface area contributed by atoms with Crippen molar-refractivity contribution >= 4 is 17.0 Å². The standard InChI is InChI=1S/C16H19N3O3/c1-10-12-8-11(9-17-15(12)22-18-10)16(20)19-6-7-21-14-5-3-2-4-13(14)19/h8-9,13-14H,2-7H2,1H3/t13-,14-/m0/s1. The van der Waals surface area contributed by atoms with E-state index in [0.29, 0.717) is 24.4 Å². The van der Waals surface area contributed by atoms with E-state index < -0.39 is 0 Å². The molecular formula is C16H19N3O3. The van der Waals surface area contributed by atoms with E-state index in [1.54, 1.807) is 6.20 Å². The van der Waals surface area contributed by atoms with E-state index in [-0.39, 0.29) is 18.1 Å². The number of amides is 1. The number of nitrogens with zero attached hydrogens (tertiary/aromatic N) is 3. The monoisotopic (exact) mass is 301 g/mol. The van der Waals surface area contributed by atoms with Crippen molar-refractivity contribution in [3.8, 4) is 0 Å². The summed E-state index contributed by atoms with van der Waals surface area (Å²) in [7, 11) is 0. The van der Waals surface area contributed by atoms with Gasteiger partial charge in [-0.3, -0.25) is 4.79 Å². The van der Waals surface area contributed by atoms with E-state index in [9.17, 15) is 4.79 Å². The Hall–Kier alpha value is -1.95. The molecule has 2 aromatic rings. The summed E-state index contributed by atoms with van der Waals surface area (Å²) in [5, 5.41) is 4.70. The molecule has 0 spiro atoms. The Bertz CT molecular complexity index is 710. The lowest BCUT2D eigenvalue weighted by Gasteiger charge is -2.43. The summed E-state index contributed by atoms with van der Waals surface area (Å²) in [4.78, 5) is 19.1. The SMILES string of the molecule is Cc1noc2ncc(C(=O)N3CCO[C@H]4CCCC[C@@H]43)cc12. The molecule has 1 aliphatic heterocycles.